The normalized spacial score (nSPS) is 17.8. The largest absolute Gasteiger partial charge is 0.292 e. The summed E-state index contributed by atoms with van der Waals surface area (Å²) in [6.07, 6.45) is 0. The van der Waals surface area contributed by atoms with Crippen LogP contribution in [0.1, 0.15) is 27.4 Å². The molecule has 0 N–H and O–H groups in total. The van der Waals surface area contributed by atoms with Crippen LogP contribution >= 0.6 is 0 Å². The van der Waals surface area contributed by atoms with E-state index in [0.717, 1.165) is 0 Å². The molecule has 0 radical (unpaired) electrons. The van der Waals surface area contributed by atoms with Gasteiger partial charge in [-0.25, -0.2) is 4.98 Å². The zero-order chi connectivity index (χ0) is 47.1. The van der Waals surface area contributed by atoms with Gasteiger partial charge in [-0.05, 0) is 84.8 Å². The Labute approximate surface area is 289 Å². The Hall–Kier alpha value is -5.99. The summed E-state index contributed by atoms with van der Waals surface area (Å²) in [6, 6.07) is -1.79. The molecule has 0 saturated carbocycles. The Morgan fingerprint density at radius 2 is 1.07 bits per heavy atom. The lowest BCUT2D eigenvalue weighted by Crippen LogP contribution is -1.99. The van der Waals surface area contributed by atoms with E-state index < -0.39 is 154 Å². The van der Waals surface area contributed by atoms with E-state index in [9.17, 15) is 8.22 Å². The van der Waals surface area contributed by atoms with E-state index in [1.165, 1.54) is 16.7 Å². The van der Waals surface area contributed by atoms with Crippen molar-refractivity contribution >= 4 is 43.4 Å². The molecule has 9 aromatic rings. The minimum Gasteiger partial charge on any atom is -0.292 e. The molecule has 9 rings (SSSR count). The molecule has 1 heterocycles. The number of rotatable bonds is 4. The molecule has 0 aliphatic heterocycles. The SMILES string of the molecule is [2H]c1c([2H])c([2H])c(-n2c(-c3ccccc3-c3c4c([2H])c([2H])c([2H])c([2H])c4c(-c4c([2H])c([2H])c5c([2H])c([2H])c([2H])c([2H])c5c4[2H])c4c([2H])c([2H])c([2H])c([2H])c34)nc3ccccc32)c([2H])c1[2H]. The number of para-hydroxylation sites is 3. The first-order valence-electron chi connectivity index (χ1n) is 23.8. The number of nitrogens with zero attached hydrogens (tertiary/aromatic N) is 2. The molecule has 0 spiro atoms. The van der Waals surface area contributed by atoms with Crippen LogP contribution in [0.4, 0.5) is 0 Å². The van der Waals surface area contributed by atoms with Gasteiger partial charge in [0, 0.05) is 11.3 Å². The molecular weight excluding hydrogens is 544 g/mol. The fourth-order valence-electron chi connectivity index (χ4n) is 5.73. The van der Waals surface area contributed by atoms with Crippen molar-refractivity contribution in [2.75, 3.05) is 0 Å². The number of hydrogen-bond acceptors (Lipinski definition) is 1. The molecule has 0 atom stereocenters. The summed E-state index contributed by atoms with van der Waals surface area (Å²) in [7, 11) is 0. The monoisotopic (exact) mass is 592 g/mol. The molecule has 45 heavy (non-hydrogen) atoms. The van der Waals surface area contributed by atoms with Crippen molar-refractivity contribution in [3.8, 4) is 39.3 Å². The van der Waals surface area contributed by atoms with Gasteiger partial charge in [-0.15, -0.1) is 0 Å². The maximum atomic E-state index is 9.49. The van der Waals surface area contributed by atoms with E-state index >= 15 is 0 Å². The minimum atomic E-state index is -0.824. The highest BCUT2D eigenvalue weighted by Crippen LogP contribution is 2.46. The molecule has 0 saturated heterocycles. The standard InChI is InChI=1S/C43H28N2/c1-2-16-32(17-3-1)45-40-25-13-12-24-39(40)44-43(45)38-23-11-10-22-37(38)42-35-20-8-6-18-33(35)41(34-19-7-9-21-36(34)42)31-27-26-29-14-4-5-15-30(29)28-31/h1-28H/i1D,2D,3D,4D,5D,6D,7D,8D,9D,14D,15D,16D,17D,18D,19D,20D,21D,26D,27D,28D. The highest BCUT2D eigenvalue weighted by atomic mass is 15.1. The van der Waals surface area contributed by atoms with E-state index in [-0.39, 0.29) is 39.0 Å². The number of aromatic nitrogens is 2. The molecule has 0 amide bonds. The van der Waals surface area contributed by atoms with E-state index in [0.29, 0.717) is 11.0 Å². The van der Waals surface area contributed by atoms with E-state index in [1.807, 2.05) is 0 Å². The van der Waals surface area contributed by atoms with Gasteiger partial charge in [0.2, 0.25) is 0 Å². The highest BCUT2D eigenvalue weighted by molar-refractivity contribution is 6.22. The van der Waals surface area contributed by atoms with Crippen LogP contribution in [0.2, 0.25) is 0 Å². The zero-order valence-corrected chi connectivity index (χ0v) is 23.0. The van der Waals surface area contributed by atoms with E-state index in [1.54, 1.807) is 36.4 Å². The molecule has 2 heteroatoms. The van der Waals surface area contributed by atoms with Crippen molar-refractivity contribution in [1.29, 1.82) is 0 Å². The first-order chi connectivity index (χ1) is 30.7. The van der Waals surface area contributed by atoms with Gasteiger partial charge in [-0.3, -0.25) is 4.57 Å². The zero-order valence-electron chi connectivity index (χ0n) is 43.0. The average molecular weight is 593 g/mol. The second kappa shape index (κ2) is 10.3. The predicted molar refractivity (Wildman–Crippen MR) is 190 cm³/mol. The fraction of sp³-hybridized carbons (Fsp3) is 0. The third kappa shape index (κ3) is 4.07. The van der Waals surface area contributed by atoms with Crippen LogP contribution in [0.5, 0.6) is 0 Å². The summed E-state index contributed by atoms with van der Waals surface area (Å²) in [5.74, 6) is -0.0308. The van der Waals surface area contributed by atoms with Gasteiger partial charge >= 0.3 is 0 Å². The Balaban J connectivity index is 1.56. The van der Waals surface area contributed by atoms with Crippen LogP contribution in [-0.4, -0.2) is 9.55 Å². The molecule has 0 aliphatic carbocycles. The predicted octanol–water partition coefficient (Wildman–Crippen LogP) is 11.5. The van der Waals surface area contributed by atoms with Crippen molar-refractivity contribution in [3.05, 3.63) is 169 Å². The highest BCUT2D eigenvalue weighted by Gasteiger charge is 2.22. The Kier molecular flexibility index (Phi) is 2.88. The molecule has 210 valence electrons. The summed E-state index contributed by atoms with van der Waals surface area (Å²) in [6.45, 7) is 0. The van der Waals surface area contributed by atoms with Crippen molar-refractivity contribution in [1.82, 2.24) is 9.55 Å². The van der Waals surface area contributed by atoms with Crippen molar-refractivity contribution in [3.63, 3.8) is 0 Å². The molecule has 0 fully saturated rings. The maximum Gasteiger partial charge on any atom is 0.146 e. The summed E-state index contributed by atoms with van der Waals surface area (Å²) >= 11 is 0. The lowest BCUT2D eigenvalue weighted by Gasteiger charge is -2.20. The van der Waals surface area contributed by atoms with Crippen LogP contribution in [-0.2, 0) is 0 Å². The van der Waals surface area contributed by atoms with Crippen LogP contribution in [0.25, 0.3) is 82.7 Å². The van der Waals surface area contributed by atoms with Gasteiger partial charge in [-0.2, -0.15) is 0 Å². The molecule has 1 aromatic heterocycles. The quantitative estimate of drug-likeness (QED) is 0.186. The van der Waals surface area contributed by atoms with E-state index in [2.05, 4.69) is 0 Å². The first-order valence-corrected chi connectivity index (χ1v) is 13.8. The molecule has 2 nitrogen and oxygen atoms in total. The third-order valence-electron chi connectivity index (χ3n) is 7.58. The number of imidazole rings is 1. The summed E-state index contributed by atoms with van der Waals surface area (Å²) in [5, 5.41) is -2.59. The van der Waals surface area contributed by atoms with Gasteiger partial charge in [0.05, 0.1) is 38.4 Å². The van der Waals surface area contributed by atoms with Crippen molar-refractivity contribution < 1.29 is 27.4 Å². The lowest BCUT2D eigenvalue weighted by molar-refractivity contribution is 1.10. The molecule has 0 aliphatic rings. The smallest absolute Gasteiger partial charge is 0.146 e. The molecule has 0 unspecified atom stereocenters. The van der Waals surface area contributed by atoms with Crippen LogP contribution in [0.15, 0.2) is 169 Å². The Morgan fingerprint density at radius 3 is 1.80 bits per heavy atom. The van der Waals surface area contributed by atoms with Crippen LogP contribution in [0.3, 0.4) is 0 Å². The number of fused-ring (bicyclic) bond motifs is 4. The molecule has 0 bridgehead atoms. The van der Waals surface area contributed by atoms with Gasteiger partial charge in [0.1, 0.15) is 5.82 Å². The van der Waals surface area contributed by atoms with Gasteiger partial charge in [-0.1, -0.05) is 139 Å². The fourth-order valence-corrected chi connectivity index (χ4v) is 5.73. The summed E-state index contributed by atoms with van der Waals surface area (Å²) < 4.78 is 180. The summed E-state index contributed by atoms with van der Waals surface area (Å²) in [5.41, 5.74) is -0.794. The van der Waals surface area contributed by atoms with Crippen LogP contribution < -0.4 is 0 Å². The van der Waals surface area contributed by atoms with Gasteiger partial charge < -0.3 is 0 Å². The molecular formula is C43H28N2. The van der Waals surface area contributed by atoms with Gasteiger partial charge in [0.25, 0.3) is 0 Å². The maximum absolute atomic E-state index is 9.49. The minimum absolute atomic E-state index is 0.0308. The first kappa shape index (κ1) is 12.6. The second-order valence-electron chi connectivity index (χ2n) is 10.0. The molecule has 8 aromatic carbocycles. The van der Waals surface area contributed by atoms with Crippen molar-refractivity contribution in [2.24, 2.45) is 0 Å². The number of benzene rings is 8. The average Bonchev–Trinajstić information content (AvgIpc) is 3.68. The topological polar surface area (TPSA) is 17.8 Å². The number of hydrogen-bond donors (Lipinski definition) is 0. The van der Waals surface area contributed by atoms with Gasteiger partial charge in [0.15, 0.2) is 0 Å². The lowest BCUT2D eigenvalue weighted by atomic mass is 9.84. The third-order valence-corrected chi connectivity index (χ3v) is 7.58. The Morgan fingerprint density at radius 1 is 0.489 bits per heavy atom. The van der Waals surface area contributed by atoms with Crippen molar-refractivity contribution in [2.45, 2.75) is 0 Å². The van der Waals surface area contributed by atoms with Crippen LogP contribution in [0, 0.1) is 0 Å². The van der Waals surface area contributed by atoms with E-state index in [4.69, 9.17) is 24.2 Å². The second-order valence-corrected chi connectivity index (χ2v) is 10.0. The Bertz CT molecular complexity index is 3560. The summed E-state index contributed by atoms with van der Waals surface area (Å²) in [4.78, 5) is 4.86.